The third-order valence-corrected chi connectivity index (χ3v) is 2.33. The molecule has 0 radical (unpaired) electrons. The second-order valence-corrected chi connectivity index (χ2v) is 4.99. The van der Waals surface area contributed by atoms with Gasteiger partial charge in [0.1, 0.15) is 5.78 Å². The molecule has 2 nitrogen and oxygen atoms in total. The molecular formula is C13H24O2. The summed E-state index contributed by atoms with van der Waals surface area (Å²) in [5.41, 5.74) is -0.333. The fourth-order valence-electron chi connectivity index (χ4n) is 1.20. The van der Waals surface area contributed by atoms with Gasteiger partial charge < -0.3 is 5.11 Å². The quantitative estimate of drug-likeness (QED) is 0.687. The largest absolute Gasteiger partial charge is 0.393 e. The van der Waals surface area contributed by atoms with Gasteiger partial charge in [-0.05, 0) is 19.3 Å². The normalized spacial score (nSPS) is 14.5. The van der Waals surface area contributed by atoms with E-state index in [-0.39, 0.29) is 17.6 Å². The number of hydrogen-bond acceptors (Lipinski definition) is 2. The smallest absolute Gasteiger partial charge is 0.140 e. The van der Waals surface area contributed by atoms with Gasteiger partial charge in [-0.1, -0.05) is 39.8 Å². The highest BCUT2D eigenvalue weighted by atomic mass is 16.3. The van der Waals surface area contributed by atoms with Crippen LogP contribution in [0.3, 0.4) is 0 Å². The molecule has 15 heavy (non-hydrogen) atoms. The minimum atomic E-state index is -0.488. The first kappa shape index (κ1) is 14.4. The number of aliphatic hydroxyl groups is 1. The van der Waals surface area contributed by atoms with Crippen LogP contribution in [0.2, 0.25) is 0 Å². The van der Waals surface area contributed by atoms with E-state index in [4.69, 9.17) is 0 Å². The summed E-state index contributed by atoms with van der Waals surface area (Å²) in [6.45, 7) is 7.74. The first-order chi connectivity index (χ1) is 6.88. The van der Waals surface area contributed by atoms with Crippen LogP contribution in [0.4, 0.5) is 0 Å². The van der Waals surface area contributed by atoms with Crippen LogP contribution >= 0.6 is 0 Å². The van der Waals surface area contributed by atoms with E-state index >= 15 is 0 Å². The van der Waals surface area contributed by atoms with Crippen molar-refractivity contribution in [3.63, 3.8) is 0 Å². The van der Waals surface area contributed by atoms with Crippen LogP contribution in [0.25, 0.3) is 0 Å². The minimum absolute atomic E-state index is 0.134. The van der Waals surface area contributed by atoms with E-state index in [1.807, 2.05) is 20.8 Å². The molecule has 0 bridgehead atoms. The summed E-state index contributed by atoms with van der Waals surface area (Å²) in [5, 5.41) is 9.63. The van der Waals surface area contributed by atoms with Crippen molar-refractivity contribution < 1.29 is 9.90 Å². The molecule has 0 aromatic carbocycles. The number of allylic oxidation sites excluding steroid dienone is 2. The SMILES string of the molecule is CC/C=C\CCC(O)CC(=O)C(C)(C)C. The molecule has 0 spiro atoms. The van der Waals surface area contributed by atoms with Gasteiger partial charge in [-0.3, -0.25) is 4.79 Å². The zero-order chi connectivity index (χ0) is 11.9. The molecule has 1 atom stereocenters. The average molecular weight is 212 g/mol. The standard InChI is InChI=1S/C13H24O2/c1-5-6-7-8-9-11(14)10-12(15)13(2,3)4/h6-7,11,14H,5,8-10H2,1-4H3/b7-6-. The van der Waals surface area contributed by atoms with Crippen molar-refractivity contribution in [3.8, 4) is 0 Å². The molecule has 0 aromatic rings. The lowest BCUT2D eigenvalue weighted by Gasteiger charge is -2.18. The third kappa shape index (κ3) is 7.32. The molecule has 0 aliphatic heterocycles. The van der Waals surface area contributed by atoms with E-state index in [1.165, 1.54) is 0 Å². The molecule has 0 fully saturated rings. The molecular weight excluding hydrogens is 188 g/mol. The van der Waals surface area contributed by atoms with Crippen molar-refractivity contribution in [1.82, 2.24) is 0 Å². The van der Waals surface area contributed by atoms with Gasteiger partial charge in [0.05, 0.1) is 6.10 Å². The lowest BCUT2D eigenvalue weighted by Crippen LogP contribution is -2.25. The van der Waals surface area contributed by atoms with Gasteiger partial charge in [0.15, 0.2) is 0 Å². The predicted molar refractivity (Wildman–Crippen MR) is 63.8 cm³/mol. The minimum Gasteiger partial charge on any atom is -0.393 e. The number of rotatable bonds is 6. The van der Waals surface area contributed by atoms with Gasteiger partial charge in [-0.25, -0.2) is 0 Å². The molecule has 1 N–H and O–H groups in total. The Labute approximate surface area is 93.4 Å². The third-order valence-electron chi connectivity index (χ3n) is 2.33. The number of aliphatic hydroxyl groups excluding tert-OH is 1. The van der Waals surface area contributed by atoms with Crippen LogP contribution in [-0.4, -0.2) is 17.0 Å². The van der Waals surface area contributed by atoms with Gasteiger partial charge in [0.2, 0.25) is 0 Å². The van der Waals surface area contributed by atoms with Crippen LogP contribution < -0.4 is 0 Å². The second-order valence-electron chi connectivity index (χ2n) is 4.99. The molecule has 0 aliphatic rings. The lowest BCUT2D eigenvalue weighted by atomic mass is 9.87. The van der Waals surface area contributed by atoms with Gasteiger partial charge in [0.25, 0.3) is 0 Å². The second kappa shape index (κ2) is 6.78. The molecule has 0 amide bonds. The highest BCUT2D eigenvalue weighted by Crippen LogP contribution is 2.18. The number of carbonyl (C=O) groups is 1. The first-order valence-electron chi connectivity index (χ1n) is 5.74. The van der Waals surface area contributed by atoms with Crippen LogP contribution in [0, 0.1) is 5.41 Å². The van der Waals surface area contributed by atoms with E-state index < -0.39 is 6.10 Å². The summed E-state index contributed by atoms with van der Waals surface area (Å²) in [5.74, 6) is 0.134. The van der Waals surface area contributed by atoms with Crippen LogP contribution in [0.1, 0.15) is 53.4 Å². The van der Waals surface area contributed by atoms with Gasteiger partial charge in [-0.2, -0.15) is 0 Å². The Bertz CT molecular complexity index is 211. The number of Topliss-reactive ketones (excluding diaryl/α,β-unsaturated/α-hetero) is 1. The van der Waals surface area contributed by atoms with E-state index in [2.05, 4.69) is 19.1 Å². The van der Waals surface area contributed by atoms with Crippen molar-refractivity contribution >= 4 is 5.78 Å². The zero-order valence-electron chi connectivity index (χ0n) is 10.4. The molecule has 0 heterocycles. The maximum Gasteiger partial charge on any atom is 0.140 e. The Hall–Kier alpha value is -0.630. The van der Waals surface area contributed by atoms with E-state index in [0.29, 0.717) is 6.42 Å². The van der Waals surface area contributed by atoms with Gasteiger partial charge in [0, 0.05) is 11.8 Å². The summed E-state index contributed by atoms with van der Waals surface area (Å²) in [4.78, 5) is 11.6. The fourth-order valence-corrected chi connectivity index (χ4v) is 1.20. The van der Waals surface area contributed by atoms with Crippen molar-refractivity contribution in [3.05, 3.63) is 12.2 Å². The molecule has 0 saturated heterocycles. The number of ketones is 1. The van der Waals surface area contributed by atoms with Crippen molar-refractivity contribution in [2.45, 2.75) is 59.5 Å². The maximum absolute atomic E-state index is 11.6. The summed E-state index contributed by atoms with van der Waals surface area (Å²) >= 11 is 0. The summed E-state index contributed by atoms with van der Waals surface area (Å²) in [6, 6.07) is 0. The molecule has 0 saturated carbocycles. The Kier molecular flexibility index (Phi) is 6.50. The summed E-state index contributed by atoms with van der Waals surface area (Å²) < 4.78 is 0. The molecule has 0 rings (SSSR count). The van der Waals surface area contributed by atoms with Crippen LogP contribution in [0.5, 0.6) is 0 Å². The van der Waals surface area contributed by atoms with Crippen LogP contribution in [0.15, 0.2) is 12.2 Å². The Morgan fingerprint density at radius 2 is 1.93 bits per heavy atom. The fraction of sp³-hybridized carbons (Fsp3) is 0.769. The monoisotopic (exact) mass is 212 g/mol. The summed E-state index contributed by atoms with van der Waals surface area (Å²) in [7, 11) is 0. The van der Waals surface area contributed by atoms with Crippen molar-refractivity contribution in [2.75, 3.05) is 0 Å². The van der Waals surface area contributed by atoms with E-state index in [0.717, 1.165) is 12.8 Å². The van der Waals surface area contributed by atoms with E-state index in [9.17, 15) is 9.90 Å². The molecule has 0 aromatic heterocycles. The molecule has 88 valence electrons. The summed E-state index contributed by atoms with van der Waals surface area (Å²) in [6.07, 6.45) is 6.49. The Balaban J connectivity index is 3.79. The highest BCUT2D eigenvalue weighted by Gasteiger charge is 2.23. The Morgan fingerprint density at radius 1 is 1.33 bits per heavy atom. The number of carbonyl (C=O) groups excluding carboxylic acids is 1. The Morgan fingerprint density at radius 3 is 2.40 bits per heavy atom. The topological polar surface area (TPSA) is 37.3 Å². The van der Waals surface area contributed by atoms with E-state index in [1.54, 1.807) is 0 Å². The maximum atomic E-state index is 11.6. The molecule has 2 heteroatoms. The number of hydrogen-bond donors (Lipinski definition) is 1. The molecule has 0 aliphatic carbocycles. The lowest BCUT2D eigenvalue weighted by molar-refractivity contribution is -0.128. The van der Waals surface area contributed by atoms with Crippen molar-refractivity contribution in [2.24, 2.45) is 5.41 Å². The zero-order valence-corrected chi connectivity index (χ0v) is 10.4. The first-order valence-corrected chi connectivity index (χ1v) is 5.74. The highest BCUT2D eigenvalue weighted by molar-refractivity contribution is 5.83. The van der Waals surface area contributed by atoms with Gasteiger partial charge in [-0.15, -0.1) is 0 Å². The van der Waals surface area contributed by atoms with Crippen molar-refractivity contribution in [1.29, 1.82) is 0 Å². The average Bonchev–Trinajstić information content (AvgIpc) is 2.11. The van der Waals surface area contributed by atoms with Gasteiger partial charge >= 0.3 is 0 Å². The van der Waals surface area contributed by atoms with Crippen LogP contribution in [-0.2, 0) is 4.79 Å². The predicted octanol–water partition coefficient (Wildman–Crippen LogP) is 3.10. The molecule has 1 unspecified atom stereocenters.